The molecule has 5 nitrogen and oxygen atoms in total. The molecule has 1 aromatic heterocycles. The van der Waals surface area contributed by atoms with Crippen LogP contribution in [-0.2, 0) is 0 Å². The normalized spacial score (nSPS) is 14.4. The van der Waals surface area contributed by atoms with Crippen LogP contribution < -0.4 is 0 Å². The molecular weight excluding hydrogens is 310 g/mol. The van der Waals surface area contributed by atoms with Gasteiger partial charge < -0.3 is 9.80 Å². The molecule has 0 atom stereocenters. The molecule has 2 aromatic rings. The number of piperazine rings is 1. The summed E-state index contributed by atoms with van der Waals surface area (Å²) in [5.41, 5.74) is 1.11. The number of hydrogen-bond acceptors (Lipinski definition) is 4. The van der Waals surface area contributed by atoms with E-state index in [0.717, 1.165) is 4.88 Å². The first-order valence-corrected chi connectivity index (χ1v) is 8.19. The third kappa shape index (κ3) is 3.25. The number of rotatable bonds is 2. The molecule has 1 aliphatic heterocycles. The molecule has 0 unspecified atom stereocenters. The fourth-order valence-corrected chi connectivity index (χ4v) is 3.23. The fraction of sp³-hybridized carbons (Fsp3) is 0.235. The molecule has 6 heteroatoms. The summed E-state index contributed by atoms with van der Waals surface area (Å²) in [6, 6.07) is 12.3. The number of hydrogen-bond donors (Lipinski definition) is 0. The zero-order chi connectivity index (χ0) is 16.2. The van der Waals surface area contributed by atoms with Gasteiger partial charge in [-0.2, -0.15) is 5.26 Å². The second-order valence-electron chi connectivity index (χ2n) is 5.25. The van der Waals surface area contributed by atoms with E-state index >= 15 is 0 Å². The predicted octanol–water partition coefficient (Wildman–Crippen LogP) is 2.22. The van der Waals surface area contributed by atoms with Gasteiger partial charge in [0.25, 0.3) is 11.8 Å². The summed E-state index contributed by atoms with van der Waals surface area (Å²) >= 11 is 1.43. The van der Waals surface area contributed by atoms with Crippen LogP contribution in [-0.4, -0.2) is 47.8 Å². The first-order chi connectivity index (χ1) is 11.2. The number of amides is 2. The lowest BCUT2D eigenvalue weighted by Crippen LogP contribution is -2.50. The van der Waals surface area contributed by atoms with Crippen LogP contribution in [0.25, 0.3) is 0 Å². The summed E-state index contributed by atoms with van der Waals surface area (Å²) in [5.74, 6) is -0.0248. The van der Waals surface area contributed by atoms with E-state index < -0.39 is 0 Å². The molecule has 2 heterocycles. The highest BCUT2D eigenvalue weighted by atomic mass is 32.1. The average Bonchev–Trinajstić information content (AvgIpc) is 3.15. The molecule has 23 heavy (non-hydrogen) atoms. The smallest absolute Gasteiger partial charge is 0.264 e. The Labute approximate surface area is 138 Å². The maximum atomic E-state index is 12.4. The van der Waals surface area contributed by atoms with Crippen molar-refractivity contribution in [2.24, 2.45) is 0 Å². The standard InChI is InChI=1S/C17H15N3O2S/c18-12-13-3-5-14(6-4-13)16(21)19-7-9-20(10-8-19)17(22)15-2-1-11-23-15/h1-6,11H,7-10H2. The minimum absolute atomic E-state index is 0.0328. The van der Waals surface area contributed by atoms with E-state index in [1.165, 1.54) is 11.3 Å². The maximum Gasteiger partial charge on any atom is 0.264 e. The highest BCUT2D eigenvalue weighted by molar-refractivity contribution is 7.12. The van der Waals surface area contributed by atoms with Crippen molar-refractivity contribution in [3.05, 3.63) is 57.8 Å². The Balaban J connectivity index is 1.61. The molecular formula is C17H15N3O2S. The molecule has 0 saturated carbocycles. The SMILES string of the molecule is N#Cc1ccc(C(=O)N2CCN(C(=O)c3cccs3)CC2)cc1. The predicted molar refractivity (Wildman–Crippen MR) is 87.3 cm³/mol. The lowest BCUT2D eigenvalue weighted by Gasteiger charge is -2.34. The van der Waals surface area contributed by atoms with Crippen molar-refractivity contribution < 1.29 is 9.59 Å². The average molecular weight is 325 g/mol. The molecule has 1 saturated heterocycles. The van der Waals surface area contributed by atoms with Crippen LogP contribution in [0.1, 0.15) is 25.6 Å². The summed E-state index contributed by atoms with van der Waals surface area (Å²) < 4.78 is 0. The fourth-order valence-electron chi connectivity index (χ4n) is 2.54. The molecule has 0 spiro atoms. The second kappa shape index (κ2) is 6.63. The Morgan fingerprint density at radius 3 is 2.09 bits per heavy atom. The van der Waals surface area contributed by atoms with Gasteiger partial charge in [-0.15, -0.1) is 11.3 Å². The van der Waals surface area contributed by atoms with Crippen LogP contribution in [0, 0.1) is 11.3 Å². The van der Waals surface area contributed by atoms with E-state index in [0.29, 0.717) is 37.3 Å². The van der Waals surface area contributed by atoms with Gasteiger partial charge in [0.1, 0.15) is 0 Å². The summed E-state index contributed by atoms with van der Waals surface area (Å²) in [6.07, 6.45) is 0. The highest BCUT2D eigenvalue weighted by Crippen LogP contribution is 2.15. The third-order valence-corrected chi connectivity index (χ3v) is 4.70. The van der Waals surface area contributed by atoms with Gasteiger partial charge >= 0.3 is 0 Å². The minimum Gasteiger partial charge on any atom is -0.335 e. The lowest BCUT2D eigenvalue weighted by atomic mass is 10.1. The summed E-state index contributed by atoms with van der Waals surface area (Å²) in [4.78, 5) is 29.0. The van der Waals surface area contributed by atoms with Crippen LogP contribution >= 0.6 is 11.3 Å². The van der Waals surface area contributed by atoms with Gasteiger partial charge in [-0.1, -0.05) is 6.07 Å². The van der Waals surface area contributed by atoms with Crippen LogP contribution in [0.15, 0.2) is 41.8 Å². The number of carbonyl (C=O) groups is 2. The maximum absolute atomic E-state index is 12.4. The molecule has 116 valence electrons. The molecule has 0 radical (unpaired) electrons. The largest absolute Gasteiger partial charge is 0.335 e. The zero-order valence-corrected chi connectivity index (χ0v) is 13.3. The number of benzene rings is 1. The van der Waals surface area contributed by atoms with Crippen LogP contribution in [0.5, 0.6) is 0 Å². The monoisotopic (exact) mass is 325 g/mol. The van der Waals surface area contributed by atoms with Crippen LogP contribution in [0.2, 0.25) is 0 Å². The van der Waals surface area contributed by atoms with Crippen molar-refractivity contribution >= 4 is 23.2 Å². The summed E-state index contributed by atoms with van der Waals surface area (Å²) in [6.45, 7) is 2.13. The quantitative estimate of drug-likeness (QED) is 0.850. The highest BCUT2D eigenvalue weighted by Gasteiger charge is 2.25. The molecule has 1 aromatic carbocycles. The van der Waals surface area contributed by atoms with Crippen molar-refractivity contribution in [1.29, 1.82) is 5.26 Å². The first kappa shape index (κ1) is 15.3. The lowest BCUT2D eigenvalue weighted by molar-refractivity contribution is 0.0538. The van der Waals surface area contributed by atoms with Crippen molar-refractivity contribution in [3.63, 3.8) is 0 Å². The van der Waals surface area contributed by atoms with E-state index in [-0.39, 0.29) is 11.8 Å². The van der Waals surface area contributed by atoms with Gasteiger partial charge in [-0.3, -0.25) is 9.59 Å². The van der Waals surface area contributed by atoms with Gasteiger partial charge in [0.05, 0.1) is 16.5 Å². The van der Waals surface area contributed by atoms with Gasteiger partial charge in [-0.25, -0.2) is 0 Å². The number of thiophene rings is 1. The first-order valence-electron chi connectivity index (χ1n) is 7.31. The Morgan fingerprint density at radius 2 is 1.57 bits per heavy atom. The molecule has 1 aliphatic rings. The van der Waals surface area contributed by atoms with E-state index in [2.05, 4.69) is 0 Å². The molecule has 3 rings (SSSR count). The summed E-state index contributed by atoms with van der Waals surface area (Å²) in [7, 11) is 0. The van der Waals surface area contributed by atoms with Crippen molar-refractivity contribution in [2.75, 3.05) is 26.2 Å². The van der Waals surface area contributed by atoms with Gasteiger partial charge in [0.2, 0.25) is 0 Å². The third-order valence-electron chi connectivity index (χ3n) is 3.85. The molecule has 0 aliphatic carbocycles. The van der Waals surface area contributed by atoms with Crippen LogP contribution in [0.3, 0.4) is 0 Å². The Morgan fingerprint density at radius 1 is 0.957 bits per heavy atom. The Hall–Kier alpha value is -2.65. The zero-order valence-electron chi connectivity index (χ0n) is 12.4. The minimum atomic E-state index is -0.0577. The Kier molecular flexibility index (Phi) is 4.40. The van der Waals surface area contributed by atoms with Crippen LogP contribution in [0.4, 0.5) is 0 Å². The summed E-state index contributed by atoms with van der Waals surface area (Å²) in [5, 5.41) is 10.7. The second-order valence-corrected chi connectivity index (χ2v) is 6.20. The number of nitrogens with zero attached hydrogens (tertiary/aromatic N) is 3. The molecule has 0 bridgehead atoms. The number of carbonyl (C=O) groups excluding carboxylic acids is 2. The molecule has 0 N–H and O–H groups in total. The van der Waals surface area contributed by atoms with E-state index in [1.807, 2.05) is 23.6 Å². The van der Waals surface area contributed by atoms with Gasteiger partial charge in [-0.05, 0) is 35.7 Å². The van der Waals surface area contributed by atoms with Crippen molar-refractivity contribution in [3.8, 4) is 6.07 Å². The van der Waals surface area contributed by atoms with E-state index in [4.69, 9.17) is 5.26 Å². The Bertz CT molecular complexity index is 739. The van der Waals surface area contributed by atoms with E-state index in [1.54, 1.807) is 34.1 Å². The van der Waals surface area contributed by atoms with Crippen molar-refractivity contribution in [1.82, 2.24) is 9.80 Å². The van der Waals surface area contributed by atoms with Crippen molar-refractivity contribution in [2.45, 2.75) is 0 Å². The van der Waals surface area contributed by atoms with Gasteiger partial charge in [0.15, 0.2) is 0 Å². The van der Waals surface area contributed by atoms with E-state index in [9.17, 15) is 9.59 Å². The molecule has 2 amide bonds. The van der Waals surface area contributed by atoms with Gasteiger partial charge in [0, 0.05) is 31.7 Å². The molecule has 1 fully saturated rings. The number of nitriles is 1. The topological polar surface area (TPSA) is 64.4 Å².